The number of esters is 1. The molecule has 0 bridgehead atoms. The van der Waals surface area contributed by atoms with Gasteiger partial charge in [-0.25, -0.2) is 8.42 Å². The maximum Gasteiger partial charge on any atom is 0.326 e. The van der Waals surface area contributed by atoms with Crippen molar-refractivity contribution in [1.29, 1.82) is 0 Å². The molecule has 0 spiro atoms. The normalized spacial score (nSPS) is 11.0. The van der Waals surface area contributed by atoms with E-state index in [-0.39, 0.29) is 4.90 Å². The van der Waals surface area contributed by atoms with Crippen molar-refractivity contribution < 1.29 is 22.7 Å². The second-order valence-corrected chi connectivity index (χ2v) is 7.42. The van der Waals surface area contributed by atoms with Gasteiger partial charge >= 0.3 is 5.97 Å². The van der Waals surface area contributed by atoms with E-state index in [1.165, 1.54) is 26.4 Å². The van der Waals surface area contributed by atoms with Gasteiger partial charge in [0.1, 0.15) is 12.3 Å². The van der Waals surface area contributed by atoms with Crippen molar-refractivity contribution in [2.24, 2.45) is 0 Å². The molecule has 0 radical (unpaired) electrons. The van der Waals surface area contributed by atoms with Crippen LogP contribution in [0.2, 0.25) is 0 Å². The zero-order chi connectivity index (χ0) is 18.6. The fourth-order valence-corrected chi connectivity index (χ4v) is 3.91. The van der Waals surface area contributed by atoms with Gasteiger partial charge in [0.15, 0.2) is 0 Å². The maximum absolute atomic E-state index is 13.1. The van der Waals surface area contributed by atoms with E-state index in [0.29, 0.717) is 17.0 Å². The van der Waals surface area contributed by atoms with E-state index in [1.54, 1.807) is 31.2 Å². The SMILES string of the molecule is COC(=O)CN(c1cccc(C)c1)S(=O)(=O)c1ccc(OC)c(C)c1. The zero-order valence-corrected chi connectivity index (χ0v) is 15.5. The van der Waals surface area contributed by atoms with Crippen LogP contribution in [-0.4, -0.2) is 35.2 Å². The van der Waals surface area contributed by atoms with E-state index >= 15 is 0 Å². The Kier molecular flexibility index (Phi) is 5.69. The lowest BCUT2D eigenvalue weighted by Gasteiger charge is -2.24. The first-order valence-corrected chi connectivity index (χ1v) is 9.04. The van der Waals surface area contributed by atoms with Crippen molar-refractivity contribution in [2.75, 3.05) is 25.1 Å². The lowest BCUT2D eigenvalue weighted by molar-refractivity contribution is -0.138. The number of sulfonamides is 1. The third-order valence-electron chi connectivity index (χ3n) is 3.74. The first kappa shape index (κ1) is 18.8. The first-order valence-electron chi connectivity index (χ1n) is 7.60. The van der Waals surface area contributed by atoms with Gasteiger partial charge in [-0.1, -0.05) is 12.1 Å². The molecule has 0 saturated heterocycles. The number of carbonyl (C=O) groups is 1. The maximum atomic E-state index is 13.1. The number of hydrogen-bond donors (Lipinski definition) is 0. The summed E-state index contributed by atoms with van der Waals surface area (Å²) >= 11 is 0. The van der Waals surface area contributed by atoms with E-state index in [0.717, 1.165) is 9.87 Å². The summed E-state index contributed by atoms with van der Waals surface area (Å²) in [4.78, 5) is 11.9. The van der Waals surface area contributed by atoms with Crippen LogP contribution >= 0.6 is 0 Å². The summed E-state index contributed by atoms with van der Waals surface area (Å²) in [6.45, 7) is 3.20. The third kappa shape index (κ3) is 4.11. The molecule has 0 aromatic heterocycles. The second-order valence-electron chi connectivity index (χ2n) is 5.56. The molecule has 0 aliphatic heterocycles. The number of methoxy groups -OCH3 is 2. The van der Waals surface area contributed by atoms with E-state index in [2.05, 4.69) is 4.74 Å². The van der Waals surface area contributed by atoms with E-state index in [4.69, 9.17) is 4.74 Å². The topological polar surface area (TPSA) is 72.9 Å². The van der Waals surface area contributed by atoms with Crippen molar-refractivity contribution in [1.82, 2.24) is 0 Å². The number of hydrogen-bond acceptors (Lipinski definition) is 5. The number of anilines is 1. The number of carbonyl (C=O) groups excluding carboxylic acids is 1. The number of rotatable bonds is 6. The molecule has 0 fully saturated rings. The highest BCUT2D eigenvalue weighted by Gasteiger charge is 2.28. The lowest BCUT2D eigenvalue weighted by Crippen LogP contribution is -2.36. The molecule has 0 N–H and O–H groups in total. The molecule has 0 saturated carbocycles. The van der Waals surface area contributed by atoms with Gasteiger partial charge in [-0.15, -0.1) is 0 Å². The van der Waals surface area contributed by atoms with Crippen LogP contribution in [-0.2, 0) is 19.6 Å². The third-order valence-corrected chi connectivity index (χ3v) is 5.51. The van der Waals surface area contributed by atoms with Gasteiger partial charge in [0.05, 0.1) is 24.8 Å². The molecule has 0 heterocycles. The first-order chi connectivity index (χ1) is 11.8. The Bertz CT molecular complexity index is 877. The van der Waals surface area contributed by atoms with Gasteiger partial charge in [-0.05, 0) is 55.3 Å². The Labute approximate surface area is 148 Å². The molecule has 2 aromatic carbocycles. The molecule has 0 aliphatic carbocycles. The van der Waals surface area contributed by atoms with E-state index in [9.17, 15) is 13.2 Å². The highest BCUT2D eigenvalue weighted by atomic mass is 32.2. The molecule has 0 atom stereocenters. The minimum atomic E-state index is -3.95. The molecule has 2 aromatic rings. The van der Waals surface area contributed by atoms with Gasteiger partial charge in [-0.3, -0.25) is 9.10 Å². The summed E-state index contributed by atoms with van der Waals surface area (Å²) in [7, 11) is -1.20. The Morgan fingerprint density at radius 1 is 1.08 bits per heavy atom. The molecule has 0 unspecified atom stereocenters. The average Bonchev–Trinajstić information content (AvgIpc) is 2.59. The molecular formula is C18H21NO5S. The number of ether oxygens (including phenoxy) is 2. The number of nitrogens with zero attached hydrogens (tertiary/aromatic N) is 1. The van der Waals surface area contributed by atoms with Gasteiger partial charge in [-0.2, -0.15) is 0 Å². The van der Waals surface area contributed by atoms with E-state index < -0.39 is 22.5 Å². The van der Waals surface area contributed by atoms with Crippen LogP contribution in [0.3, 0.4) is 0 Å². The number of benzene rings is 2. The highest BCUT2D eigenvalue weighted by Crippen LogP contribution is 2.27. The molecule has 25 heavy (non-hydrogen) atoms. The molecule has 7 heteroatoms. The average molecular weight is 363 g/mol. The van der Waals surface area contributed by atoms with Crippen LogP contribution in [0.15, 0.2) is 47.4 Å². The summed E-state index contributed by atoms with van der Waals surface area (Å²) in [5.41, 5.74) is 1.97. The smallest absolute Gasteiger partial charge is 0.326 e. The molecule has 0 aliphatic rings. The summed E-state index contributed by atoms with van der Waals surface area (Å²) in [6.07, 6.45) is 0. The van der Waals surface area contributed by atoms with E-state index in [1.807, 2.05) is 13.0 Å². The lowest BCUT2D eigenvalue weighted by atomic mass is 10.2. The number of aryl methyl sites for hydroxylation is 2. The van der Waals surface area contributed by atoms with Crippen molar-refractivity contribution in [3.8, 4) is 5.75 Å². The van der Waals surface area contributed by atoms with Gasteiger partial charge in [0.25, 0.3) is 10.0 Å². The summed E-state index contributed by atoms with van der Waals surface area (Å²) < 4.78 is 37.1. The standard InChI is InChI=1S/C18H21NO5S/c1-13-6-5-7-15(10-13)19(12-18(20)24-4)25(21,22)16-8-9-17(23-3)14(2)11-16/h5-11H,12H2,1-4H3. The fraction of sp³-hybridized carbons (Fsp3) is 0.278. The monoisotopic (exact) mass is 363 g/mol. The predicted molar refractivity (Wildman–Crippen MR) is 95.5 cm³/mol. The quantitative estimate of drug-likeness (QED) is 0.738. The highest BCUT2D eigenvalue weighted by molar-refractivity contribution is 7.92. The minimum absolute atomic E-state index is 0.0798. The second kappa shape index (κ2) is 7.57. The zero-order valence-electron chi connectivity index (χ0n) is 14.6. The molecule has 2 rings (SSSR count). The van der Waals surface area contributed by atoms with Crippen molar-refractivity contribution >= 4 is 21.7 Å². The van der Waals surface area contributed by atoms with Crippen molar-refractivity contribution in [2.45, 2.75) is 18.7 Å². The van der Waals surface area contributed by atoms with Crippen LogP contribution in [0.25, 0.3) is 0 Å². The summed E-state index contributed by atoms with van der Waals surface area (Å²) in [5.74, 6) is -0.0515. The van der Waals surface area contributed by atoms with Crippen molar-refractivity contribution in [3.05, 3.63) is 53.6 Å². The van der Waals surface area contributed by atoms with Gasteiger partial charge in [0, 0.05) is 0 Å². The Morgan fingerprint density at radius 2 is 1.80 bits per heavy atom. The fourth-order valence-electron chi connectivity index (χ4n) is 2.42. The van der Waals surface area contributed by atoms with Crippen LogP contribution in [0, 0.1) is 13.8 Å². The van der Waals surface area contributed by atoms with Crippen LogP contribution in [0.4, 0.5) is 5.69 Å². The molecule has 134 valence electrons. The summed E-state index contributed by atoms with van der Waals surface area (Å²) in [6, 6.07) is 11.5. The minimum Gasteiger partial charge on any atom is -0.496 e. The Hall–Kier alpha value is -2.54. The van der Waals surface area contributed by atoms with Crippen LogP contribution < -0.4 is 9.04 Å². The molecular weight excluding hydrogens is 342 g/mol. The van der Waals surface area contributed by atoms with Crippen LogP contribution in [0.5, 0.6) is 5.75 Å². The molecule has 0 amide bonds. The predicted octanol–water partition coefficient (Wildman–Crippen LogP) is 2.68. The summed E-state index contributed by atoms with van der Waals surface area (Å²) in [5, 5.41) is 0. The van der Waals surface area contributed by atoms with Crippen LogP contribution in [0.1, 0.15) is 11.1 Å². The largest absolute Gasteiger partial charge is 0.496 e. The van der Waals surface area contributed by atoms with Gasteiger partial charge in [0.2, 0.25) is 0 Å². The molecule has 6 nitrogen and oxygen atoms in total. The Morgan fingerprint density at radius 3 is 2.36 bits per heavy atom. The van der Waals surface area contributed by atoms with Gasteiger partial charge < -0.3 is 9.47 Å². The van der Waals surface area contributed by atoms with Crippen molar-refractivity contribution in [3.63, 3.8) is 0 Å². The Balaban J connectivity index is 2.55.